The number of nitrogens with one attached hydrogen (secondary N) is 1. The van der Waals surface area contributed by atoms with Crippen LogP contribution in [0.15, 0.2) is 23.1 Å². The quantitative estimate of drug-likeness (QED) is 0.880. The molecule has 1 saturated heterocycles. The molecule has 0 amide bonds. The number of rotatable bonds is 2. The molecule has 1 aromatic carbocycles. The van der Waals surface area contributed by atoms with Crippen LogP contribution in [-0.2, 0) is 21.6 Å². The molecule has 6 nitrogen and oxygen atoms in total. The zero-order chi connectivity index (χ0) is 14.3. The van der Waals surface area contributed by atoms with E-state index in [9.17, 15) is 8.42 Å². The van der Waals surface area contributed by atoms with Gasteiger partial charge in [0.2, 0.25) is 0 Å². The molecule has 1 aliphatic rings. The lowest BCUT2D eigenvalue weighted by molar-refractivity contribution is 0.0208. The van der Waals surface area contributed by atoms with Crippen LogP contribution in [0.5, 0.6) is 0 Å². The molecule has 3 rings (SSSR count). The number of aromatic nitrogens is 2. The molecule has 1 fully saturated rings. The van der Waals surface area contributed by atoms with Gasteiger partial charge in [-0.05, 0) is 12.1 Å². The number of fused-ring (bicyclic) bond motifs is 1. The summed E-state index contributed by atoms with van der Waals surface area (Å²) in [6.07, 6.45) is 1.06. The molecular formula is C13H17N3O3S. The van der Waals surface area contributed by atoms with E-state index in [0.717, 1.165) is 17.9 Å². The third-order valence-corrected chi connectivity index (χ3v) is 4.65. The first-order chi connectivity index (χ1) is 9.48. The van der Waals surface area contributed by atoms with Gasteiger partial charge in [-0.3, -0.25) is 0 Å². The topological polar surface area (TPSA) is 73.2 Å². The molecular weight excluding hydrogens is 278 g/mol. The first-order valence-corrected chi connectivity index (χ1v) is 8.35. The van der Waals surface area contributed by atoms with Gasteiger partial charge >= 0.3 is 0 Å². The number of aryl methyl sites for hydroxylation is 1. The third kappa shape index (κ3) is 2.21. The summed E-state index contributed by atoms with van der Waals surface area (Å²) in [6.45, 7) is 2.15. The molecule has 1 atom stereocenters. The van der Waals surface area contributed by atoms with Crippen molar-refractivity contribution in [2.45, 2.75) is 11.0 Å². The van der Waals surface area contributed by atoms with Crippen LogP contribution in [0, 0.1) is 0 Å². The third-order valence-electron chi connectivity index (χ3n) is 3.52. The molecule has 2 aromatic rings. The zero-order valence-corrected chi connectivity index (χ0v) is 12.3. The van der Waals surface area contributed by atoms with Crippen molar-refractivity contribution in [2.24, 2.45) is 7.05 Å². The molecule has 0 aliphatic carbocycles. The highest BCUT2D eigenvalue weighted by Crippen LogP contribution is 2.27. The second-order valence-electron chi connectivity index (χ2n) is 4.99. The Morgan fingerprint density at radius 3 is 2.90 bits per heavy atom. The van der Waals surface area contributed by atoms with E-state index >= 15 is 0 Å². The average Bonchev–Trinajstić information content (AvgIpc) is 2.76. The van der Waals surface area contributed by atoms with Gasteiger partial charge in [-0.15, -0.1) is 0 Å². The molecule has 1 aliphatic heterocycles. The Morgan fingerprint density at radius 1 is 1.45 bits per heavy atom. The van der Waals surface area contributed by atoms with Crippen LogP contribution in [0.3, 0.4) is 0 Å². The monoisotopic (exact) mass is 295 g/mol. The fourth-order valence-electron chi connectivity index (χ4n) is 2.53. The Morgan fingerprint density at radius 2 is 2.25 bits per heavy atom. The Balaban J connectivity index is 2.19. The smallest absolute Gasteiger partial charge is 0.177 e. The van der Waals surface area contributed by atoms with Crippen LogP contribution in [0.25, 0.3) is 11.0 Å². The Labute approximate surface area is 117 Å². The summed E-state index contributed by atoms with van der Waals surface area (Å²) >= 11 is 0. The summed E-state index contributed by atoms with van der Waals surface area (Å²) in [6, 6.07) is 5.20. The van der Waals surface area contributed by atoms with Crippen molar-refractivity contribution in [1.82, 2.24) is 14.9 Å². The van der Waals surface area contributed by atoms with Crippen molar-refractivity contribution < 1.29 is 13.2 Å². The standard InChI is InChI=1S/C13H17N3O3S/c1-16-9-4-3-5-11(20(2,17)18)12(9)15-13(16)10-8-14-6-7-19-10/h3-5,10,14H,6-8H2,1-2H3. The normalized spacial score (nSPS) is 20.4. The number of morpholine rings is 1. The summed E-state index contributed by atoms with van der Waals surface area (Å²) in [4.78, 5) is 4.79. The number of nitrogens with zero attached hydrogens (tertiary/aromatic N) is 2. The van der Waals surface area contributed by atoms with E-state index in [4.69, 9.17) is 4.74 Å². The number of imidazole rings is 1. The fraction of sp³-hybridized carbons (Fsp3) is 0.462. The zero-order valence-electron chi connectivity index (χ0n) is 11.5. The van der Waals surface area contributed by atoms with Gasteiger partial charge < -0.3 is 14.6 Å². The van der Waals surface area contributed by atoms with Gasteiger partial charge in [0, 0.05) is 26.4 Å². The molecule has 2 heterocycles. The van der Waals surface area contributed by atoms with Gasteiger partial charge in [-0.2, -0.15) is 0 Å². The highest BCUT2D eigenvalue weighted by atomic mass is 32.2. The minimum absolute atomic E-state index is 0.145. The van der Waals surface area contributed by atoms with Crippen molar-refractivity contribution in [3.05, 3.63) is 24.0 Å². The highest BCUT2D eigenvalue weighted by molar-refractivity contribution is 7.91. The van der Waals surface area contributed by atoms with E-state index in [1.54, 1.807) is 12.1 Å². The van der Waals surface area contributed by atoms with Crippen LogP contribution in [0.2, 0.25) is 0 Å². The molecule has 1 unspecified atom stereocenters. The van der Waals surface area contributed by atoms with Crippen LogP contribution in [0.4, 0.5) is 0 Å². The summed E-state index contributed by atoms with van der Waals surface area (Å²) in [5, 5.41) is 3.25. The SMILES string of the molecule is Cn1c(C2CNCCO2)nc2c(S(C)(=O)=O)cccc21. The van der Waals surface area contributed by atoms with E-state index in [-0.39, 0.29) is 11.0 Å². The summed E-state index contributed by atoms with van der Waals surface area (Å²) in [5.74, 6) is 0.753. The van der Waals surface area contributed by atoms with Crippen molar-refractivity contribution in [3.63, 3.8) is 0 Å². The second kappa shape index (κ2) is 4.83. The number of para-hydroxylation sites is 1. The lowest BCUT2D eigenvalue weighted by atomic mass is 10.3. The molecule has 0 spiro atoms. The van der Waals surface area contributed by atoms with Gasteiger partial charge in [0.15, 0.2) is 9.84 Å². The number of hydrogen-bond acceptors (Lipinski definition) is 5. The highest BCUT2D eigenvalue weighted by Gasteiger charge is 2.24. The summed E-state index contributed by atoms with van der Waals surface area (Å²) < 4.78 is 31.3. The van der Waals surface area contributed by atoms with Gasteiger partial charge in [0.05, 0.1) is 17.0 Å². The summed E-state index contributed by atoms with van der Waals surface area (Å²) in [5.41, 5.74) is 1.32. The molecule has 1 aromatic heterocycles. The predicted molar refractivity (Wildman–Crippen MR) is 75.4 cm³/mol. The van der Waals surface area contributed by atoms with Gasteiger partial charge in [0.25, 0.3) is 0 Å². The Bertz CT molecular complexity index is 746. The first-order valence-electron chi connectivity index (χ1n) is 6.46. The molecule has 1 N–H and O–H groups in total. The molecule has 7 heteroatoms. The molecule has 108 valence electrons. The molecule has 0 radical (unpaired) electrons. The number of hydrogen-bond donors (Lipinski definition) is 1. The van der Waals surface area contributed by atoms with Gasteiger partial charge in [-0.25, -0.2) is 13.4 Å². The number of ether oxygens (including phenoxy) is 1. The van der Waals surface area contributed by atoms with E-state index in [0.29, 0.717) is 18.7 Å². The van der Waals surface area contributed by atoms with Crippen LogP contribution in [-0.4, -0.2) is 43.9 Å². The van der Waals surface area contributed by atoms with Crippen LogP contribution < -0.4 is 5.32 Å². The predicted octanol–water partition coefficient (Wildman–Crippen LogP) is 0.638. The van der Waals surface area contributed by atoms with Crippen molar-refractivity contribution in [2.75, 3.05) is 26.0 Å². The Hall–Kier alpha value is -1.44. The minimum Gasteiger partial charge on any atom is -0.368 e. The van der Waals surface area contributed by atoms with Crippen LogP contribution >= 0.6 is 0 Å². The van der Waals surface area contributed by atoms with E-state index < -0.39 is 9.84 Å². The molecule has 20 heavy (non-hydrogen) atoms. The largest absolute Gasteiger partial charge is 0.368 e. The molecule has 0 bridgehead atoms. The second-order valence-corrected chi connectivity index (χ2v) is 6.97. The van der Waals surface area contributed by atoms with E-state index in [1.165, 1.54) is 6.26 Å². The average molecular weight is 295 g/mol. The Kier molecular flexibility index (Phi) is 3.27. The van der Waals surface area contributed by atoms with E-state index in [1.807, 2.05) is 17.7 Å². The lowest BCUT2D eigenvalue weighted by Crippen LogP contribution is -2.34. The van der Waals surface area contributed by atoms with Crippen molar-refractivity contribution in [1.29, 1.82) is 0 Å². The molecule has 0 saturated carbocycles. The first kappa shape index (κ1) is 13.5. The maximum Gasteiger partial charge on any atom is 0.177 e. The lowest BCUT2D eigenvalue weighted by Gasteiger charge is -2.23. The van der Waals surface area contributed by atoms with E-state index in [2.05, 4.69) is 10.3 Å². The van der Waals surface area contributed by atoms with Gasteiger partial charge in [-0.1, -0.05) is 6.07 Å². The number of benzene rings is 1. The maximum absolute atomic E-state index is 11.9. The maximum atomic E-state index is 11.9. The van der Waals surface area contributed by atoms with Crippen molar-refractivity contribution in [3.8, 4) is 0 Å². The number of sulfone groups is 1. The van der Waals surface area contributed by atoms with Gasteiger partial charge in [0.1, 0.15) is 17.4 Å². The van der Waals surface area contributed by atoms with Crippen molar-refractivity contribution >= 4 is 20.9 Å². The summed E-state index contributed by atoms with van der Waals surface area (Å²) in [7, 11) is -1.41. The minimum atomic E-state index is -3.30. The van der Waals surface area contributed by atoms with Crippen LogP contribution in [0.1, 0.15) is 11.9 Å². The fourth-order valence-corrected chi connectivity index (χ4v) is 3.35.